The molecule has 6 rings (SSSR count). The van der Waals surface area contributed by atoms with Gasteiger partial charge in [-0.15, -0.1) is 11.3 Å². The number of hydrogen-bond acceptors (Lipinski definition) is 13. The Morgan fingerprint density at radius 3 is 2.67 bits per heavy atom. The van der Waals surface area contributed by atoms with Gasteiger partial charge in [0.2, 0.25) is 15.4 Å². The van der Waals surface area contributed by atoms with E-state index in [1.165, 1.54) is 10.8 Å². The van der Waals surface area contributed by atoms with Crippen LogP contribution in [0.15, 0.2) is 73.1 Å². The predicted molar refractivity (Wildman–Crippen MR) is 162 cm³/mol. The molecular weight excluding hydrogens is 592 g/mol. The van der Waals surface area contributed by atoms with Crippen molar-refractivity contribution in [3.63, 3.8) is 0 Å². The molecule has 1 aliphatic heterocycles. The van der Waals surface area contributed by atoms with Crippen LogP contribution in [0.2, 0.25) is 0 Å². The highest BCUT2D eigenvalue weighted by Gasteiger charge is 2.29. The Bertz CT molecular complexity index is 1880. The van der Waals surface area contributed by atoms with Gasteiger partial charge in [-0.3, -0.25) is 9.36 Å². The van der Waals surface area contributed by atoms with Gasteiger partial charge in [0.25, 0.3) is 15.4 Å². The van der Waals surface area contributed by atoms with Crippen molar-refractivity contribution in [2.45, 2.75) is 35.9 Å². The van der Waals surface area contributed by atoms with E-state index >= 15 is 0 Å². The molecule has 1 saturated heterocycles. The van der Waals surface area contributed by atoms with Crippen LogP contribution in [0.5, 0.6) is 0 Å². The van der Waals surface area contributed by atoms with E-state index in [9.17, 15) is 13.2 Å². The Hall–Kier alpha value is -4.18. The largest absolute Gasteiger partial charge is 0.431 e. The summed E-state index contributed by atoms with van der Waals surface area (Å²) in [6.07, 6.45) is 4.09. The molecule has 4 aromatic heterocycles. The van der Waals surface area contributed by atoms with Crippen LogP contribution in [0.3, 0.4) is 0 Å². The van der Waals surface area contributed by atoms with Crippen LogP contribution in [0.1, 0.15) is 31.2 Å². The number of fused-ring (bicyclic) bond motifs is 1. The van der Waals surface area contributed by atoms with E-state index in [1.807, 2.05) is 43.0 Å². The Morgan fingerprint density at radius 1 is 1.16 bits per heavy atom. The van der Waals surface area contributed by atoms with Crippen molar-refractivity contribution < 1.29 is 17.6 Å². The molecule has 1 unspecified atom stereocenters. The Balaban J connectivity index is 1.38. The number of ether oxygens (including phenoxy) is 1. The lowest BCUT2D eigenvalue weighted by Crippen LogP contribution is -2.33. The number of morpholine rings is 1. The van der Waals surface area contributed by atoms with Crippen molar-refractivity contribution in [2.75, 3.05) is 43.0 Å². The summed E-state index contributed by atoms with van der Waals surface area (Å²) in [4.78, 5) is 33.1. The zero-order valence-corrected chi connectivity index (χ0v) is 25.2. The number of aromatic nitrogens is 5. The Labute approximate surface area is 251 Å². The molecule has 0 saturated carbocycles. The lowest BCUT2D eigenvalue weighted by atomic mass is 10.1. The van der Waals surface area contributed by atoms with E-state index in [4.69, 9.17) is 9.15 Å². The number of anilines is 3. The highest BCUT2D eigenvalue weighted by molar-refractivity contribution is 7.93. The van der Waals surface area contributed by atoms with Crippen molar-refractivity contribution in [3.05, 3.63) is 76.1 Å². The molecule has 1 aliphatic rings. The fourth-order valence-corrected chi connectivity index (χ4v) is 7.20. The summed E-state index contributed by atoms with van der Waals surface area (Å²) in [5.74, 6) is 0.273. The van der Waals surface area contributed by atoms with E-state index in [-0.39, 0.29) is 39.3 Å². The molecule has 1 fully saturated rings. The lowest BCUT2D eigenvalue weighted by molar-refractivity contribution is 0.0277. The van der Waals surface area contributed by atoms with Gasteiger partial charge in [-0.05, 0) is 37.6 Å². The van der Waals surface area contributed by atoms with Gasteiger partial charge in [0.1, 0.15) is 17.0 Å². The minimum atomic E-state index is -4.07. The van der Waals surface area contributed by atoms with Gasteiger partial charge in [-0.25, -0.2) is 23.4 Å². The van der Waals surface area contributed by atoms with Gasteiger partial charge in [0.05, 0.1) is 19.3 Å². The number of oxazole rings is 1. The van der Waals surface area contributed by atoms with Crippen LogP contribution in [0.4, 0.5) is 17.3 Å². The Kier molecular flexibility index (Phi) is 8.21. The summed E-state index contributed by atoms with van der Waals surface area (Å²) in [7, 11) is -4.07. The highest BCUT2D eigenvalue weighted by atomic mass is 32.2. The van der Waals surface area contributed by atoms with Gasteiger partial charge in [0, 0.05) is 55.0 Å². The zero-order valence-electron chi connectivity index (χ0n) is 23.6. The van der Waals surface area contributed by atoms with Crippen LogP contribution < -0.4 is 21.1 Å². The summed E-state index contributed by atoms with van der Waals surface area (Å²) >= 11 is 0.972. The first-order valence-electron chi connectivity index (χ1n) is 13.8. The number of thiazole rings is 1. The monoisotopic (exact) mass is 622 g/mol. The third kappa shape index (κ3) is 5.76. The molecule has 0 amide bonds. The van der Waals surface area contributed by atoms with Gasteiger partial charge in [-0.2, -0.15) is 4.98 Å². The molecule has 1 aromatic carbocycles. The molecule has 0 spiro atoms. The van der Waals surface area contributed by atoms with E-state index in [2.05, 4.69) is 30.6 Å². The summed E-state index contributed by atoms with van der Waals surface area (Å²) in [5.41, 5.74) is 2.31. The average Bonchev–Trinajstić information content (AvgIpc) is 3.75. The van der Waals surface area contributed by atoms with E-state index in [0.29, 0.717) is 36.4 Å². The van der Waals surface area contributed by atoms with Crippen molar-refractivity contribution in [1.82, 2.24) is 29.8 Å². The van der Waals surface area contributed by atoms with Crippen LogP contribution in [0, 0.1) is 0 Å². The Morgan fingerprint density at radius 2 is 1.98 bits per heavy atom. The number of nitrogens with one attached hydrogen (secondary N) is 2. The quantitative estimate of drug-likeness (QED) is 0.234. The molecule has 13 nitrogen and oxygen atoms in total. The lowest BCUT2D eigenvalue weighted by Gasteiger charge is -2.24. The second kappa shape index (κ2) is 12.2. The van der Waals surface area contributed by atoms with Crippen LogP contribution in [-0.4, -0.2) is 65.7 Å². The third-order valence-electron chi connectivity index (χ3n) is 7.17. The molecule has 43 heavy (non-hydrogen) atoms. The first-order chi connectivity index (χ1) is 20.9. The molecule has 2 N–H and O–H groups in total. The second-order valence-electron chi connectivity index (χ2n) is 9.76. The molecule has 0 bridgehead atoms. The van der Waals surface area contributed by atoms with Gasteiger partial charge >= 0.3 is 0 Å². The maximum absolute atomic E-state index is 13.9. The van der Waals surface area contributed by atoms with Crippen molar-refractivity contribution in [3.8, 4) is 0 Å². The molecule has 15 heteroatoms. The topological polar surface area (TPSA) is 157 Å². The number of rotatable bonds is 10. The maximum Gasteiger partial charge on any atom is 0.276 e. The van der Waals surface area contributed by atoms with E-state index in [1.54, 1.807) is 17.6 Å². The number of sulfone groups is 1. The second-order valence-corrected chi connectivity index (χ2v) is 12.7. The van der Waals surface area contributed by atoms with Gasteiger partial charge in [-0.1, -0.05) is 12.1 Å². The van der Waals surface area contributed by atoms with Crippen LogP contribution in [-0.2, 0) is 21.1 Å². The van der Waals surface area contributed by atoms with E-state index in [0.717, 1.165) is 42.1 Å². The molecular formula is C28H30N8O5S2. The first-order valence-corrected chi connectivity index (χ1v) is 16.2. The van der Waals surface area contributed by atoms with Crippen LogP contribution in [0.25, 0.3) is 11.0 Å². The molecule has 1 atom stereocenters. The molecule has 5 heterocycles. The SMILES string of the molecule is CCN(CC)c1cc2cnc(Nc3ccc(C4CNCCO4)cc3)nc2n(Cc2ncoc2S(=O)(=O)c2nccs2)c1=O. The van der Waals surface area contributed by atoms with Gasteiger partial charge in [0.15, 0.2) is 6.39 Å². The molecule has 0 radical (unpaired) electrons. The zero-order chi connectivity index (χ0) is 30.0. The predicted octanol–water partition coefficient (Wildman–Crippen LogP) is 3.37. The molecule has 5 aromatic rings. The number of hydrogen-bond donors (Lipinski definition) is 2. The fourth-order valence-electron chi connectivity index (χ4n) is 4.99. The number of nitrogens with zero attached hydrogens (tertiary/aromatic N) is 6. The molecule has 224 valence electrons. The molecule has 0 aliphatic carbocycles. The van der Waals surface area contributed by atoms with Crippen molar-refractivity contribution in [2.24, 2.45) is 0 Å². The van der Waals surface area contributed by atoms with Crippen molar-refractivity contribution in [1.29, 1.82) is 0 Å². The summed E-state index contributed by atoms with van der Waals surface area (Å²) in [6, 6.07) is 9.57. The first kappa shape index (κ1) is 28.9. The van der Waals surface area contributed by atoms with Crippen LogP contribution >= 0.6 is 11.3 Å². The normalized spacial score (nSPS) is 15.5. The number of benzene rings is 1. The summed E-state index contributed by atoms with van der Waals surface area (Å²) < 4.78 is 38.9. The minimum Gasteiger partial charge on any atom is -0.431 e. The standard InChI is InChI=1S/C28H30N8O5S2/c1-3-35(4-2)22-13-19-14-31-27(33-20-7-5-18(6-8-20)23-15-29-9-11-40-23)34-24(19)36(25(22)37)16-21-26(41-17-32-21)43(38,39)28-30-10-12-42-28/h5-8,10,12-14,17,23,29H,3-4,9,11,15-16H2,1-2H3,(H,31,33,34). The number of pyridine rings is 1. The third-order valence-corrected chi connectivity index (χ3v) is 10.1. The van der Waals surface area contributed by atoms with Crippen molar-refractivity contribution >= 4 is 49.5 Å². The smallest absolute Gasteiger partial charge is 0.276 e. The average molecular weight is 623 g/mol. The fraction of sp³-hybridized carbons (Fsp3) is 0.321. The highest BCUT2D eigenvalue weighted by Crippen LogP contribution is 2.27. The van der Waals surface area contributed by atoms with Gasteiger partial charge < -0.3 is 24.7 Å². The summed E-state index contributed by atoms with van der Waals surface area (Å²) in [5, 5.41) is 8.35. The summed E-state index contributed by atoms with van der Waals surface area (Å²) in [6.45, 7) is 7.19. The van der Waals surface area contributed by atoms with E-state index < -0.39 is 9.84 Å². The maximum atomic E-state index is 13.9. The minimum absolute atomic E-state index is 0.00464.